The highest BCUT2D eigenvalue weighted by molar-refractivity contribution is 5.97. The second-order valence-electron chi connectivity index (χ2n) is 4.52. The molecule has 4 N–H and O–H groups in total. The van der Waals surface area contributed by atoms with E-state index >= 15 is 0 Å². The Kier molecular flexibility index (Phi) is 5.78. The lowest BCUT2D eigenvalue weighted by molar-refractivity contribution is -0.137. The van der Waals surface area contributed by atoms with Crippen LogP contribution in [0, 0.1) is 5.92 Å². The SMILES string of the molecule is CC(CCNc1ncccc1C(N)=O)CCC(=O)O. The van der Waals surface area contributed by atoms with E-state index in [0.29, 0.717) is 30.3 Å². The normalized spacial score (nSPS) is 11.8. The van der Waals surface area contributed by atoms with Crippen molar-refractivity contribution in [1.82, 2.24) is 4.98 Å². The van der Waals surface area contributed by atoms with E-state index in [4.69, 9.17) is 10.8 Å². The topological polar surface area (TPSA) is 105 Å². The first-order valence-electron chi connectivity index (χ1n) is 6.21. The molecule has 1 rings (SSSR count). The lowest BCUT2D eigenvalue weighted by atomic mass is 10.0. The van der Waals surface area contributed by atoms with Crippen LogP contribution in [0.1, 0.15) is 36.5 Å². The third-order valence-corrected chi connectivity index (χ3v) is 2.85. The minimum absolute atomic E-state index is 0.178. The number of nitrogens with one attached hydrogen (secondary N) is 1. The van der Waals surface area contributed by atoms with E-state index in [1.165, 1.54) is 0 Å². The number of carbonyl (C=O) groups excluding carboxylic acids is 1. The van der Waals surface area contributed by atoms with Gasteiger partial charge in [-0.1, -0.05) is 6.92 Å². The molecular weight excluding hydrogens is 246 g/mol. The Hall–Kier alpha value is -2.11. The first-order chi connectivity index (χ1) is 9.00. The van der Waals surface area contributed by atoms with Crippen LogP contribution in [-0.2, 0) is 4.79 Å². The number of amides is 1. The molecule has 0 radical (unpaired) electrons. The average Bonchev–Trinajstić information content (AvgIpc) is 2.36. The Bertz CT molecular complexity index is 449. The van der Waals surface area contributed by atoms with Gasteiger partial charge in [-0.25, -0.2) is 4.98 Å². The number of aromatic nitrogens is 1. The van der Waals surface area contributed by atoms with Crippen molar-refractivity contribution in [1.29, 1.82) is 0 Å². The summed E-state index contributed by atoms with van der Waals surface area (Å²) in [5.74, 6) is -0.528. The van der Waals surface area contributed by atoms with Gasteiger partial charge in [0.15, 0.2) is 0 Å². The number of pyridine rings is 1. The second kappa shape index (κ2) is 7.35. The van der Waals surface area contributed by atoms with E-state index in [9.17, 15) is 9.59 Å². The van der Waals surface area contributed by atoms with Crippen molar-refractivity contribution in [3.63, 3.8) is 0 Å². The van der Waals surface area contributed by atoms with Gasteiger partial charge < -0.3 is 16.2 Å². The highest BCUT2D eigenvalue weighted by Gasteiger charge is 2.09. The van der Waals surface area contributed by atoms with Gasteiger partial charge in [0.1, 0.15) is 5.82 Å². The summed E-state index contributed by atoms with van der Waals surface area (Å²) in [6, 6.07) is 3.27. The molecule has 1 aromatic rings. The Balaban J connectivity index is 2.41. The van der Waals surface area contributed by atoms with Crippen molar-refractivity contribution in [2.24, 2.45) is 11.7 Å². The third kappa shape index (κ3) is 5.37. The zero-order valence-electron chi connectivity index (χ0n) is 10.9. The number of primary amides is 1. The number of hydrogen-bond donors (Lipinski definition) is 3. The average molecular weight is 265 g/mol. The number of carbonyl (C=O) groups is 2. The smallest absolute Gasteiger partial charge is 0.303 e. The monoisotopic (exact) mass is 265 g/mol. The van der Waals surface area contributed by atoms with Crippen LogP contribution in [0.3, 0.4) is 0 Å². The standard InChI is InChI=1S/C13H19N3O3/c1-9(4-5-11(17)18)6-8-16-13-10(12(14)19)3-2-7-15-13/h2-3,7,9H,4-6,8H2,1H3,(H2,14,19)(H,15,16)(H,17,18). The van der Waals surface area contributed by atoms with Gasteiger partial charge >= 0.3 is 5.97 Å². The van der Waals surface area contributed by atoms with E-state index in [1.54, 1.807) is 18.3 Å². The summed E-state index contributed by atoms with van der Waals surface area (Å²) in [6.45, 7) is 2.62. The van der Waals surface area contributed by atoms with Crippen LogP contribution in [-0.4, -0.2) is 28.5 Å². The Morgan fingerprint density at radius 2 is 2.21 bits per heavy atom. The van der Waals surface area contributed by atoms with E-state index < -0.39 is 11.9 Å². The minimum atomic E-state index is -0.777. The van der Waals surface area contributed by atoms with Gasteiger partial charge in [-0.3, -0.25) is 9.59 Å². The molecule has 1 heterocycles. The largest absolute Gasteiger partial charge is 0.481 e. The summed E-state index contributed by atoms with van der Waals surface area (Å²) in [7, 11) is 0. The summed E-state index contributed by atoms with van der Waals surface area (Å²) in [6.07, 6.45) is 3.21. The molecule has 1 aromatic heterocycles. The van der Waals surface area contributed by atoms with Gasteiger partial charge in [0.05, 0.1) is 5.56 Å². The molecule has 19 heavy (non-hydrogen) atoms. The fraction of sp³-hybridized carbons (Fsp3) is 0.462. The zero-order chi connectivity index (χ0) is 14.3. The maximum atomic E-state index is 11.2. The molecule has 0 saturated carbocycles. The number of hydrogen-bond acceptors (Lipinski definition) is 4. The van der Waals surface area contributed by atoms with Crippen molar-refractivity contribution in [2.75, 3.05) is 11.9 Å². The summed E-state index contributed by atoms with van der Waals surface area (Å²) < 4.78 is 0. The summed E-state index contributed by atoms with van der Waals surface area (Å²) in [5.41, 5.74) is 5.60. The quantitative estimate of drug-likeness (QED) is 0.660. The molecule has 104 valence electrons. The van der Waals surface area contributed by atoms with Crippen molar-refractivity contribution in [3.8, 4) is 0 Å². The molecule has 0 bridgehead atoms. The van der Waals surface area contributed by atoms with Crippen molar-refractivity contribution in [3.05, 3.63) is 23.9 Å². The highest BCUT2D eigenvalue weighted by Crippen LogP contribution is 2.13. The number of nitrogens with zero attached hydrogens (tertiary/aromatic N) is 1. The number of rotatable bonds is 8. The predicted octanol–water partition coefficient (Wildman–Crippen LogP) is 1.48. The summed E-state index contributed by atoms with van der Waals surface area (Å²) in [4.78, 5) is 25.7. The zero-order valence-corrected chi connectivity index (χ0v) is 10.9. The lowest BCUT2D eigenvalue weighted by Gasteiger charge is -2.12. The van der Waals surface area contributed by atoms with Gasteiger partial charge in [-0.15, -0.1) is 0 Å². The molecule has 0 spiro atoms. The number of aliphatic carboxylic acids is 1. The van der Waals surface area contributed by atoms with Crippen molar-refractivity contribution < 1.29 is 14.7 Å². The Morgan fingerprint density at radius 1 is 1.47 bits per heavy atom. The second-order valence-corrected chi connectivity index (χ2v) is 4.52. The molecule has 0 aliphatic rings. The fourth-order valence-electron chi connectivity index (χ4n) is 1.70. The van der Waals surface area contributed by atoms with Crippen LogP contribution in [0.4, 0.5) is 5.82 Å². The Labute approximate surface area is 112 Å². The molecule has 0 fully saturated rings. The maximum absolute atomic E-state index is 11.2. The van der Waals surface area contributed by atoms with Gasteiger partial charge in [-0.2, -0.15) is 0 Å². The number of anilines is 1. The molecule has 0 aliphatic carbocycles. The first-order valence-corrected chi connectivity index (χ1v) is 6.21. The van der Waals surface area contributed by atoms with Gasteiger partial charge in [0, 0.05) is 19.2 Å². The van der Waals surface area contributed by atoms with E-state index in [0.717, 1.165) is 6.42 Å². The predicted molar refractivity (Wildman–Crippen MR) is 71.9 cm³/mol. The van der Waals surface area contributed by atoms with E-state index in [2.05, 4.69) is 10.3 Å². The maximum Gasteiger partial charge on any atom is 0.303 e. The highest BCUT2D eigenvalue weighted by atomic mass is 16.4. The minimum Gasteiger partial charge on any atom is -0.481 e. The van der Waals surface area contributed by atoms with Crippen LogP contribution in [0.15, 0.2) is 18.3 Å². The fourth-order valence-corrected chi connectivity index (χ4v) is 1.70. The molecule has 1 amide bonds. The van der Waals surface area contributed by atoms with Gasteiger partial charge in [-0.05, 0) is 30.9 Å². The van der Waals surface area contributed by atoms with Crippen LogP contribution < -0.4 is 11.1 Å². The molecule has 1 unspecified atom stereocenters. The molecular formula is C13H19N3O3. The first kappa shape index (κ1) is 14.9. The van der Waals surface area contributed by atoms with Crippen molar-refractivity contribution in [2.45, 2.75) is 26.2 Å². The van der Waals surface area contributed by atoms with Crippen molar-refractivity contribution >= 4 is 17.7 Å². The molecule has 6 heteroatoms. The third-order valence-electron chi connectivity index (χ3n) is 2.85. The van der Waals surface area contributed by atoms with Crippen LogP contribution in [0.25, 0.3) is 0 Å². The molecule has 0 saturated heterocycles. The number of carboxylic acids is 1. The van der Waals surface area contributed by atoms with Gasteiger partial charge in [0.25, 0.3) is 5.91 Å². The number of carboxylic acid groups (broad SMARTS) is 1. The molecule has 1 atom stereocenters. The van der Waals surface area contributed by atoms with E-state index in [1.807, 2.05) is 6.92 Å². The molecule has 6 nitrogen and oxygen atoms in total. The molecule has 0 aliphatic heterocycles. The van der Waals surface area contributed by atoms with Crippen LogP contribution in [0.2, 0.25) is 0 Å². The van der Waals surface area contributed by atoms with Gasteiger partial charge in [0.2, 0.25) is 0 Å². The molecule has 0 aromatic carbocycles. The summed E-state index contributed by atoms with van der Waals surface area (Å²) in [5, 5.41) is 11.6. The van der Waals surface area contributed by atoms with Crippen LogP contribution in [0.5, 0.6) is 0 Å². The van der Waals surface area contributed by atoms with E-state index in [-0.39, 0.29) is 6.42 Å². The van der Waals surface area contributed by atoms with Crippen LogP contribution >= 0.6 is 0 Å². The lowest BCUT2D eigenvalue weighted by Crippen LogP contribution is -2.16. The Morgan fingerprint density at radius 3 is 2.84 bits per heavy atom. The number of nitrogens with two attached hydrogens (primary N) is 1. The summed E-state index contributed by atoms with van der Waals surface area (Å²) >= 11 is 0.